The Bertz CT molecular complexity index is 493. The van der Waals surface area contributed by atoms with E-state index in [1.165, 1.54) is 5.56 Å². The monoisotopic (exact) mass is 439 g/mol. The van der Waals surface area contributed by atoms with Crippen LogP contribution in [-0.4, -0.2) is 4.98 Å². The van der Waals surface area contributed by atoms with Gasteiger partial charge in [0.25, 0.3) is 0 Å². The van der Waals surface area contributed by atoms with Crippen molar-refractivity contribution in [2.24, 2.45) is 0 Å². The fourth-order valence-corrected chi connectivity index (χ4v) is 1.44. The van der Waals surface area contributed by atoms with Gasteiger partial charge in [-0.25, -0.2) is 12.1 Å². The number of rotatable bonds is 2. The van der Waals surface area contributed by atoms with Gasteiger partial charge in [-0.2, -0.15) is 17.7 Å². The summed E-state index contributed by atoms with van der Waals surface area (Å²) >= 11 is 0. The molecule has 2 rings (SSSR count). The van der Waals surface area contributed by atoms with Gasteiger partial charge in [-0.05, 0) is 25.5 Å². The van der Waals surface area contributed by atoms with Gasteiger partial charge in [-0.15, -0.1) is 0 Å². The largest absolute Gasteiger partial charge is 2.00 e. The maximum absolute atomic E-state index is 7.50. The molecular weight excluding hydrogens is 426 g/mol. The molecule has 0 saturated heterocycles. The molecule has 0 fully saturated rings. The van der Waals surface area contributed by atoms with Crippen LogP contribution in [0.2, 0.25) is 0 Å². The summed E-state index contributed by atoms with van der Waals surface area (Å²) in [6.45, 7) is 15.5. The number of aryl methyl sites for hydroxylation is 1. The smallest absolute Gasteiger partial charge is 1.00 e. The molecule has 0 amide bonds. The minimum atomic E-state index is 0. The van der Waals surface area contributed by atoms with Crippen molar-refractivity contribution in [3.63, 3.8) is 0 Å². The van der Waals surface area contributed by atoms with Crippen molar-refractivity contribution in [2.75, 3.05) is 0 Å². The molecule has 1 heterocycles. The summed E-state index contributed by atoms with van der Waals surface area (Å²) in [5.74, 6) is 0. The summed E-state index contributed by atoms with van der Waals surface area (Å²) in [5, 5.41) is 0. The van der Waals surface area contributed by atoms with Crippen LogP contribution < -0.4 is 0 Å². The summed E-state index contributed by atoms with van der Waals surface area (Å²) in [4.78, 5) is 4.45. The standard InChI is InChI=1S/C12H12N.3CO.W.H/c1-10-5-4-8-12(13-10)9-11-6-2-3-7-11;3*1-2;;/h2-8H,9H2,1H3;;;;;/q-1;;;;+2;-1. The molecule has 0 radical (unpaired) electrons. The summed E-state index contributed by atoms with van der Waals surface area (Å²) in [6.07, 6.45) is 0.939. The second-order valence-corrected chi connectivity index (χ2v) is 3.24. The average Bonchev–Trinajstić information content (AvgIpc) is 2.98. The van der Waals surface area contributed by atoms with Crippen LogP contribution in [0.15, 0.2) is 42.5 Å². The molecule has 5 heteroatoms. The Morgan fingerprint density at radius 1 is 1.05 bits per heavy atom. The Morgan fingerprint density at radius 3 is 2.10 bits per heavy atom. The van der Waals surface area contributed by atoms with Gasteiger partial charge in [-0.3, -0.25) is 4.98 Å². The van der Waals surface area contributed by atoms with Crippen LogP contribution >= 0.6 is 0 Å². The van der Waals surface area contributed by atoms with Crippen molar-refractivity contribution in [3.8, 4) is 0 Å². The van der Waals surface area contributed by atoms with Gasteiger partial charge >= 0.3 is 55.0 Å². The van der Waals surface area contributed by atoms with Crippen LogP contribution in [0.4, 0.5) is 0 Å². The molecule has 4 nitrogen and oxygen atoms in total. The van der Waals surface area contributed by atoms with Crippen molar-refractivity contribution in [2.45, 2.75) is 13.3 Å². The van der Waals surface area contributed by atoms with E-state index in [2.05, 4.69) is 61.3 Å². The van der Waals surface area contributed by atoms with Gasteiger partial charge in [0.2, 0.25) is 0 Å². The number of aromatic nitrogens is 1. The molecule has 0 aliphatic rings. The maximum Gasteiger partial charge on any atom is 2.00 e. The SMILES string of the molecule is Cc1cccc(Cc2ccc[cH-]2)n1.[C-]#[O+].[C-]#[O+].[C-]#[O+].[H-].[W+2]. The Balaban J connectivity index is -0.000000162. The zero-order valence-electron chi connectivity index (χ0n) is 11.8. The van der Waals surface area contributed by atoms with Gasteiger partial charge in [0, 0.05) is 11.4 Å². The number of hydrogen-bond acceptors (Lipinski definition) is 1. The molecule has 2 aromatic rings. The summed E-state index contributed by atoms with van der Waals surface area (Å²) < 4.78 is 22.5. The van der Waals surface area contributed by atoms with E-state index in [0.29, 0.717) is 0 Å². The fraction of sp³-hybridized carbons (Fsp3) is 0.133. The number of nitrogens with zero attached hydrogens (tertiary/aromatic N) is 1. The van der Waals surface area contributed by atoms with Gasteiger partial charge < -0.3 is 1.43 Å². The van der Waals surface area contributed by atoms with Crippen LogP contribution in [0.25, 0.3) is 0 Å². The predicted octanol–water partition coefficient (Wildman–Crippen LogP) is 2.70. The zero-order chi connectivity index (χ0) is 15.1. The van der Waals surface area contributed by atoms with Crippen molar-refractivity contribution in [3.05, 3.63) is 79.4 Å². The first-order valence-electron chi connectivity index (χ1n) is 5.09. The topological polar surface area (TPSA) is 72.6 Å². The van der Waals surface area contributed by atoms with Crippen molar-refractivity contribution < 1.29 is 36.4 Å². The minimum Gasteiger partial charge on any atom is -1.00 e. The third kappa shape index (κ3) is 10.3. The molecular formula is C15H13NO3W. The molecule has 0 unspecified atom stereocenters. The Morgan fingerprint density at radius 2 is 1.65 bits per heavy atom. The van der Waals surface area contributed by atoms with Gasteiger partial charge in [0.05, 0.1) is 0 Å². The molecule has 0 aliphatic heterocycles. The quantitative estimate of drug-likeness (QED) is 0.524. The summed E-state index contributed by atoms with van der Waals surface area (Å²) in [5.41, 5.74) is 3.56. The molecule has 0 spiro atoms. The van der Waals surface area contributed by atoms with Gasteiger partial charge in [-0.1, -0.05) is 6.07 Å². The van der Waals surface area contributed by atoms with E-state index in [1.807, 2.05) is 13.0 Å². The van der Waals surface area contributed by atoms with Crippen LogP contribution in [0.3, 0.4) is 0 Å². The Kier molecular flexibility index (Phi) is 20.5. The van der Waals surface area contributed by atoms with E-state index < -0.39 is 0 Å². The Labute approximate surface area is 134 Å². The van der Waals surface area contributed by atoms with E-state index in [4.69, 9.17) is 14.0 Å². The number of pyridine rings is 1. The van der Waals surface area contributed by atoms with Crippen LogP contribution in [-0.2, 0) is 41.4 Å². The van der Waals surface area contributed by atoms with E-state index in [1.54, 1.807) is 0 Å². The molecule has 0 bridgehead atoms. The first-order chi connectivity index (χ1) is 9.34. The molecule has 0 saturated carbocycles. The maximum atomic E-state index is 7.50. The third-order valence-corrected chi connectivity index (χ3v) is 2.06. The molecule has 20 heavy (non-hydrogen) atoms. The van der Waals surface area contributed by atoms with Gasteiger partial charge in [0.1, 0.15) is 0 Å². The predicted molar refractivity (Wildman–Crippen MR) is 66.7 cm³/mol. The van der Waals surface area contributed by atoms with Crippen LogP contribution in [0.1, 0.15) is 18.4 Å². The Hall–Kier alpha value is -1.59. The molecule has 102 valence electrons. The van der Waals surface area contributed by atoms with E-state index in [9.17, 15) is 0 Å². The second-order valence-electron chi connectivity index (χ2n) is 3.24. The van der Waals surface area contributed by atoms with Crippen LogP contribution in [0.5, 0.6) is 0 Å². The summed E-state index contributed by atoms with van der Waals surface area (Å²) in [6, 6.07) is 14.5. The number of hydrogen-bond donors (Lipinski definition) is 0. The van der Waals surface area contributed by atoms with Crippen molar-refractivity contribution in [1.29, 1.82) is 0 Å². The van der Waals surface area contributed by atoms with E-state index in [0.717, 1.165) is 17.8 Å². The minimum absolute atomic E-state index is 0. The van der Waals surface area contributed by atoms with Crippen molar-refractivity contribution >= 4 is 0 Å². The van der Waals surface area contributed by atoms with E-state index in [-0.39, 0.29) is 22.5 Å². The molecule has 0 N–H and O–H groups in total. The first-order valence-corrected chi connectivity index (χ1v) is 5.09. The second kappa shape index (κ2) is 17.4. The van der Waals surface area contributed by atoms with Crippen molar-refractivity contribution in [1.82, 2.24) is 4.98 Å². The summed E-state index contributed by atoms with van der Waals surface area (Å²) in [7, 11) is 0. The van der Waals surface area contributed by atoms with Gasteiger partial charge in [0.15, 0.2) is 0 Å². The normalized spacial score (nSPS) is 6.95. The molecule has 0 atom stereocenters. The molecule has 1 aromatic carbocycles. The fourth-order valence-electron chi connectivity index (χ4n) is 1.44. The van der Waals surface area contributed by atoms with Crippen LogP contribution in [0, 0.1) is 26.9 Å². The molecule has 0 aliphatic carbocycles. The molecule has 1 aromatic heterocycles. The van der Waals surface area contributed by atoms with E-state index >= 15 is 0 Å². The average molecular weight is 439 g/mol. The zero-order valence-corrected chi connectivity index (χ0v) is 13.8. The first kappa shape index (κ1) is 23.5. The third-order valence-electron chi connectivity index (χ3n) is 2.06.